The molecule has 0 amide bonds. The van der Waals surface area contributed by atoms with Gasteiger partial charge in [-0.05, 0) is 33.7 Å². The first kappa shape index (κ1) is 13.6. The van der Waals surface area contributed by atoms with Crippen LogP contribution in [0.4, 0.5) is 0 Å². The van der Waals surface area contributed by atoms with E-state index in [9.17, 15) is 0 Å². The van der Waals surface area contributed by atoms with E-state index in [0.29, 0.717) is 18.1 Å². The zero-order valence-electron chi connectivity index (χ0n) is 11.3. The van der Waals surface area contributed by atoms with E-state index in [1.165, 1.54) is 0 Å². The fourth-order valence-corrected chi connectivity index (χ4v) is 2.17. The monoisotopic (exact) mass is 299 g/mol. The quantitative estimate of drug-likeness (QED) is 0.803. The summed E-state index contributed by atoms with van der Waals surface area (Å²) in [7, 11) is 0. The predicted molar refractivity (Wildman–Crippen MR) is 80.0 cm³/mol. The second-order valence-corrected chi connectivity index (χ2v) is 5.17. The van der Waals surface area contributed by atoms with Crippen LogP contribution in [0.5, 0.6) is 0 Å². The van der Waals surface area contributed by atoms with Gasteiger partial charge in [-0.15, -0.1) is 0 Å². The second-order valence-electron chi connectivity index (χ2n) is 4.73. The summed E-state index contributed by atoms with van der Waals surface area (Å²) in [5.74, 6) is 0. The summed E-state index contributed by atoms with van der Waals surface area (Å²) < 4.78 is 3.14. The average Bonchev–Trinajstić information content (AvgIpc) is 2.84. The summed E-state index contributed by atoms with van der Waals surface area (Å²) >= 11 is 5.86. The molecule has 0 atom stereocenters. The van der Waals surface area contributed by atoms with Crippen LogP contribution in [-0.2, 0) is 13.1 Å². The lowest BCUT2D eigenvalue weighted by molar-refractivity contribution is 0.606. The molecule has 1 heterocycles. The van der Waals surface area contributed by atoms with Crippen molar-refractivity contribution in [2.24, 2.45) is 0 Å². The zero-order chi connectivity index (χ0) is 14.7. The van der Waals surface area contributed by atoms with E-state index < -0.39 is 0 Å². The number of nitrogens with zero attached hydrogens (tertiary/aromatic N) is 4. The van der Waals surface area contributed by atoms with E-state index in [0.717, 1.165) is 11.1 Å². The molecule has 0 spiro atoms. The minimum absolute atomic E-state index is 0.272. The third-order valence-electron chi connectivity index (χ3n) is 3.17. The van der Waals surface area contributed by atoms with E-state index in [1.807, 2.05) is 54.6 Å². The van der Waals surface area contributed by atoms with Crippen molar-refractivity contribution in [3.05, 3.63) is 76.4 Å². The summed E-state index contributed by atoms with van der Waals surface area (Å²) in [6.07, 6.45) is 0. The molecular formula is C15H14ClN5. The van der Waals surface area contributed by atoms with Crippen LogP contribution < -0.4 is 5.62 Å². The molecule has 3 rings (SSSR count). The molecule has 0 aliphatic carbocycles. The molecule has 0 radical (unpaired) electrons. The highest BCUT2D eigenvalue weighted by molar-refractivity contribution is 6.30. The average molecular weight is 300 g/mol. The number of tetrazole rings is 1. The molecule has 0 unspecified atom stereocenters. The first-order chi connectivity index (χ1) is 10.2. The van der Waals surface area contributed by atoms with Crippen LogP contribution in [0.2, 0.25) is 5.02 Å². The van der Waals surface area contributed by atoms with Gasteiger partial charge in [0.15, 0.2) is 0 Å². The zero-order valence-corrected chi connectivity index (χ0v) is 12.0. The van der Waals surface area contributed by atoms with Crippen LogP contribution in [-0.4, -0.2) is 19.8 Å². The summed E-state index contributed by atoms with van der Waals surface area (Å²) in [6, 6.07) is 17.4. The van der Waals surface area contributed by atoms with Crippen molar-refractivity contribution in [3.63, 3.8) is 0 Å². The molecule has 21 heavy (non-hydrogen) atoms. The van der Waals surface area contributed by atoms with Crippen molar-refractivity contribution < 1.29 is 0 Å². The Morgan fingerprint density at radius 1 is 0.810 bits per heavy atom. The highest BCUT2D eigenvalue weighted by atomic mass is 35.5. The number of benzene rings is 2. The second kappa shape index (κ2) is 5.93. The highest BCUT2D eigenvalue weighted by Crippen LogP contribution is 2.09. The maximum atomic E-state index is 8.14. The van der Waals surface area contributed by atoms with Gasteiger partial charge in [0.05, 0.1) is 13.1 Å². The van der Waals surface area contributed by atoms with Crippen LogP contribution >= 0.6 is 11.6 Å². The maximum absolute atomic E-state index is 8.14. The Balaban J connectivity index is 1.79. The summed E-state index contributed by atoms with van der Waals surface area (Å²) in [4.78, 5) is 0. The van der Waals surface area contributed by atoms with Gasteiger partial charge in [-0.3, -0.25) is 5.41 Å². The third kappa shape index (κ3) is 3.20. The van der Waals surface area contributed by atoms with Crippen molar-refractivity contribution in [1.82, 2.24) is 19.8 Å². The molecule has 0 saturated heterocycles. The molecule has 0 bridgehead atoms. The van der Waals surface area contributed by atoms with Gasteiger partial charge in [-0.25, -0.2) is 9.36 Å². The Hall–Kier alpha value is -2.40. The molecule has 0 aliphatic rings. The van der Waals surface area contributed by atoms with E-state index in [4.69, 9.17) is 17.0 Å². The van der Waals surface area contributed by atoms with Crippen molar-refractivity contribution in [1.29, 1.82) is 5.41 Å². The minimum Gasteiger partial charge on any atom is -0.266 e. The molecule has 3 aromatic rings. The van der Waals surface area contributed by atoms with Gasteiger partial charge in [-0.2, -0.15) is 0 Å². The van der Waals surface area contributed by atoms with Crippen molar-refractivity contribution in [2.45, 2.75) is 13.1 Å². The largest absolute Gasteiger partial charge is 0.266 e. The van der Waals surface area contributed by atoms with Crippen LogP contribution in [0.1, 0.15) is 11.1 Å². The molecule has 0 saturated carbocycles. The molecule has 0 fully saturated rings. The fourth-order valence-electron chi connectivity index (χ4n) is 2.05. The Bertz CT molecular complexity index is 774. The van der Waals surface area contributed by atoms with Crippen LogP contribution in [0.25, 0.3) is 0 Å². The van der Waals surface area contributed by atoms with Gasteiger partial charge < -0.3 is 0 Å². The molecular weight excluding hydrogens is 286 g/mol. The lowest BCUT2D eigenvalue weighted by atomic mass is 10.2. The molecule has 0 aliphatic heterocycles. The van der Waals surface area contributed by atoms with Gasteiger partial charge in [0.2, 0.25) is 5.62 Å². The number of aromatic nitrogens is 4. The van der Waals surface area contributed by atoms with Crippen LogP contribution in [0.3, 0.4) is 0 Å². The molecule has 106 valence electrons. The fraction of sp³-hybridized carbons (Fsp3) is 0.133. The Morgan fingerprint density at radius 2 is 1.33 bits per heavy atom. The van der Waals surface area contributed by atoms with Gasteiger partial charge >= 0.3 is 0 Å². The number of nitrogens with one attached hydrogen (secondary N) is 1. The first-order valence-corrected chi connectivity index (χ1v) is 6.94. The topological polar surface area (TPSA) is 59.5 Å². The number of rotatable bonds is 4. The van der Waals surface area contributed by atoms with Gasteiger partial charge in [0.25, 0.3) is 0 Å². The third-order valence-corrected chi connectivity index (χ3v) is 3.42. The summed E-state index contributed by atoms with van der Waals surface area (Å²) in [5.41, 5.74) is 2.40. The highest BCUT2D eigenvalue weighted by Gasteiger charge is 2.05. The van der Waals surface area contributed by atoms with E-state index in [1.54, 1.807) is 9.36 Å². The number of hydrogen-bond acceptors (Lipinski definition) is 3. The molecule has 5 nitrogen and oxygen atoms in total. The molecule has 6 heteroatoms. The predicted octanol–water partition coefficient (Wildman–Crippen LogP) is 2.31. The molecule has 1 aromatic heterocycles. The van der Waals surface area contributed by atoms with E-state index >= 15 is 0 Å². The van der Waals surface area contributed by atoms with E-state index in [2.05, 4.69) is 10.4 Å². The lowest BCUT2D eigenvalue weighted by Crippen LogP contribution is -2.26. The van der Waals surface area contributed by atoms with E-state index in [-0.39, 0.29) is 5.62 Å². The van der Waals surface area contributed by atoms with Gasteiger partial charge in [-0.1, -0.05) is 54.1 Å². The molecule has 1 N–H and O–H groups in total. The minimum atomic E-state index is 0.272. The van der Waals surface area contributed by atoms with Crippen molar-refractivity contribution in [2.75, 3.05) is 0 Å². The molecule has 2 aromatic carbocycles. The Morgan fingerprint density at radius 3 is 1.90 bits per heavy atom. The first-order valence-electron chi connectivity index (χ1n) is 6.56. The summed E-state index contributed by atoms with van der Waals surface area (Å²) in [5, 5.41) is 16.9. The van der Waals surface area contributed by atoms with Gasteiger partial charge in [0, 0.05) is 5.02 Å². The Labute approximate surface area is 126 Å². The SMILES string of the molecule is N=c1n(Cc2ccccc2)nnn1Cc1ccc(Cl)cc1. The standard InChI is InChI=1S/C15H14ClN5/c16-14-8-6-13(7-9-14)11-21-15(17)20(18-19-21)10-12-4-2-1-3-5-12/h1-9,17H,10-11H2. The number of halogens is 1. The number of hydrogen-bond donors (Lipinski definition) is 1. The van der Waals surface area contributed by atoms with Crippen LogP contribution in [0.15, 0.2) is 54.6 Å². The Kier molecular flexibility index (Phi) is 3.83. The smallest absolute Gasteiger partial charge is 0.239 e. The van der Waals surface area contributed by atoms with Gasteiger partial charge in [0.1, 0.15) is 0 Å². The van der Waals surface area contributed by atoms with Crippen molar-refractivity contribution >= 4 is 11.6 Å². The van der Waals surface area contributed by atoms with Crippen molar-refractivity contribution in [3.8, 4) is 0 Å². The van der Waals surface area contributed by atoms with Crippen LogP contribution in [0, 0.1) is 5.41 Å². The lowest BCUT2D eigenvalue weighted by Gasteiger charge is -2.02. The normalized spacial score (nSPS) is 10.7. The summed E-state index contributed by atoms with van der Waals surface area (Å²) in [6.45, 7) is 1.05. The maximum Gasteiger partial charge on any atom is 0.239 e.